The molecule has 158 valence electrons. The minimum absolute atomic E-state index is 0.118. The minimum Gasteiger partial charge on any atom is -0.494 e. The molecule has 0 saturated heterocycles. The monoisotopic (exact) mass is 426 g/mol. The number of thiazole rings is 1. The fraction of sp³-hybridized carbons (Fsp3) is 0.304. The largest absolute Gasteiger partial charge is 0.494 e. The Balaban J connectivity index is 1.56. The Labute approximate surface area is 180 Å². The lowest BCUT2D eigenvalue weighted by Gasteiger charge is -2.08. The van der Waals surface area contributed by atoms with Crippen molar-refractivity contribution in [1.82, 2.24) is 10.3 Å². The SMILES string of the molecule is COc1ccc(-c2nc(C)c(C(=O)NCCCOc3cccc(C)c3)s2)cc1OC. The second-order valence-electron chi connectivity index (χ2n) is 6.78. The Morgan fingerprint density at radius 3 is 2.60 bits per heavy atom. The number of nitrogens with zero attached hydrogens (tertiary/aromatic N) is 1. The van der Waals surface area contributed by atoms with Gasteiger partial charge in [0.25, 0.3) is 5.91 Å². The van der Waals surface area contributed by atoms with Crippen LogP contribution in [0.25, 0.3) is 10.6 Å². The second kappa shape index (κ2) is 10.1. The number of benzene rings is 2. The maximum atomic E-state index is 12.6. The number of carbonyl (C=O) groups excluding carboxylic acids is 1. The number of carbonyl (C=O) groups is 1. The van der Waals surface area contributed by atoms with Crippen LogP contribution in [0.15, 0.2) is 42.5 Å². The van der Waals surface area contributed by atoms with E-state index in [-0.39, 0.29) is 5.91 Å². The number of aryl methyl sites for hydroxylation is 2. The van der Waals surface area contributed by atoms with Crippen molar-refractivity contribution >= 4 is 17.2 Å². The van der Waals surface area contributed by atoms with Crippen LogP contribution in [-0.2, 0) is 0 Å². The van der Waals surface area contributed by atoms with Crippen molar-refractivity contribution in [3.63, 3.8) is 0 Å². The predicted octanol–water partition coefficient (Wildman–Crippen LogP) is 4.64. The molecule has 0 spiro atoms. The topological polar surface area (TPSA) is 69.7 Å². The summed E-state index contributed by atoms with van der Waals surface area (Å²) in [7, 11) is 3.19. The maximum absolute atomic E-state index is 12.6. The number of ether oxygens (including phenoxy) is 3. The van der Waals surface area contributed by atoms with Gasteiger partial charge in [0.2, 0.25) is 0 Å². The quantitative estimate of drug-likeness (QED) is 0.505. The van der Waals surface area contributed by atoms with Gasteiger partial charge in [0.15, 0.2) is 11.5 Å². The highest BCUT2D eigenvalue weighted by Gasteiger charge is 2.17. The van der Waals surface area contributed by atoms with Gasteiger partial charge < -0.3 is 19.5 Å². The van der Waals surface area contributed by atoms with Crippen molar-refractivity contribution in [2.45, 2.75) is 20.3 Å². The molecular formula is C23H26N2O4S. The predicted molar refractivity (Wildman–Crippen MR) is 119 cm³/mol. The van der Waals surface area contributed by atoms with Crippen LogP contribution in [0.3, 0.4) is 0 Å². The summed E-state index contributed by atoms with van der Waals surface area (Å²) < 4.78 is 16.4. The van der Waals surface area contributed by atoms with Crippen LogP contribution >= 0.6 is 11.3 Å². The number of hydrogen-bond donors (Lipinski definition) is 1. The van der Waals surface area contributed by atoms with Gasteiger partial charge in [0, 0.05) is 12.1 Å². The molecule has 0 bridgehead atoms. The van der Waals surface area contributed by atoms with Crippen molar-refractivity contribution in [2.24, 2.45) is 0 Å². The van der Waals surface area contributed by atoms with Crippen LogP contribution in [-0.4, -0.2) is 38.3 Å². The summed E-state index contributed by atoms with van der Waals surface area (Å²) in [6, 6.07) is 13.5. The molecule has 2 aromatic carbocycles. The molecule has 7 heteroatoms. The van der Waals surface area contributed by atoms with E-state index < -0.39 is 0 Å². The Hall–Kier alpha value is -3.06. The Morgan fingerprint density at radius 2 is 1.87 bits per heavy atom. The lowest BCUT2D eigenvalue weighted by molar-refractivity contribution is 0.0955. The van der Waals surface area contributed by atoms with E-state index in [0.717, 1.165) is 28.3 Å². The lowest BCUT2D eigenvalue weighted by atomic mass is 10.2. The molecule has 1 N–H and O–H groups in total. The molecule has 0 unspecified atom stereocenters. The fourth-order valence-electron chi connectivity index (χ4n) is 2.95. The molecule has 0 atom stereocenters. The van der Waals surface area contributed by atoms with E-state index in [2.05, 4.69) is 10.3 Å². The van der Waals surface area contributed by atoms with Crippen molar-refractivity contribution < 1.29 is 19.0 Å². The van der Waals surface area contributed by atoms with Crippen LogP contribution in [0.1, 0.15) is 27.3 Å². The highest BCUT2D eigenvalue weighted by atomic mass is 32.1. The first-order valence-electron chi connectivity index (χ1n) is 9.69. The molecule has 0 aliphatic heterocycles. The van der Waals surface area contributed by atoms with Crippen LogP contribution in [0, 0.1) is 13.8 Å². The van der Waals surface area contributed by atoms with E-state index in [4.69, 9.17) is 14.2 Å². The number of hydrogen-bond acceptors (Lipinski definition) is 6. The van der Waals surface area contributed by atoms with Gasteiger partial charge in [-0.25, -0.2) is 4.98 Å². The van der Waals surface area contributed by atoms with Gasteiger partial charge in [-0.15, -0.1) is 11.3 Å². The van der Waals surface area contributed by atoms with Crippen molar-refractivity contribution in [3.8, 4) is 27.8 Å². The average molecular weight is 427 g/mol. The van der Waals surface area contributed by atoms with Gasteiger partial charge in [-0.1, -0.05) is 12.1 Å². The third-order valence-electron chi connectivity index (χ3n) is 4.50. The minimum atomic E-state index is -0.118. The second-order valence-corrected chi connectivity index (χ2v) is 7.78. The van der Waals surface area contributed by atoms with Gasteiger partial charge >= 0.3 is 0 Å². The van der Waals surface area contributed by atoms with E-state index >= 15 is 0 Å². The Bertz CT molecular complexity index is 1020. The Kier molecular flexibility index (Phi) is 7.30. The van der Waals surface area contributed by atoms with Crippen molar-refractivity contribution in [3.05, 3.63) is 58.6 Å². The first kappa shape index (κ1) is 21.6. The van der Waals surface area contributed by atoms with Crippen molar-refractivity contribution in [2.75, 3.05) is 27.4 Å². The van der Waals surface area contributed by atoms with E-state index in [9.17, 15) is 4.79 Å². The number of methoxy groups -OCH3 is 2. The molecule has 30 heavy (non-hydrogen) atoms. The molecule has 6 nitrogen and oxygen atoms in total. The molecule has 3 aromatic rings. The zero-order valence-electron chi connectivity index (χ0n) is 17.7. The zero-order chi connectivity index (χ0) is 21.5. The number of nitrogens with one attached hydrogen (secondary N) is 1. The third kappa shape index (κ3) is 5.30. The average Bonchev–Trinajstić information content (AvgIpc) is 3.14. The molecule has 1 amide bonds. The Morgan fingerprint density at radius 1 is 1.07 bits per heavy atom. The summed E-state index contributed by atoms with van der Waals surface area (Å²) in [6.45, 7) is 4.95. The zero-order valence-corrected chi connectivity index (χ0v) is 18.5. The molecule has 0 aliphatic rings. The fourth-order valence-corrected chi connectivity index (χ4v) is 3.93. The highest BCUT2D eigenvalue weighted by Crippen LogP contribution is 2.34. The van der Waals surface area contributed by atoms with Crippen LogP contribution in [0.2, 0.25) is 0 Å². The summed E-state index contributed by atoms with van der Waals surface area (Å²) in [5.41, 5.74) is 2.75. The molecule has 0 saturated carbocycles. The van der Waals surface area contributed by atoms with Gasteiger partial charge in [0.1, 0.15) is 15.6 Å². The van der Waals surface area contributed by atoms with Gasteiger partial charge in [-0.2, -0.15) is 0 Å². The van der Waals surface area contributed by atoms with Crippen molar-refractivity contribution in [1.29, 1.82) is 0 Å². The molecule has 0 fully saturated rings. The molecular weight excluding hydrogens is 400 g/mol. The lowest BCUT2D eigenvalue weighted by Crippen LogP contribution is -2.25. The molecule has 0 radical (unpaired) electrons. The standard InChI is InChI=1S/C23H26N2O4S/c1-15-7-5-8-18(13-15)29-12-6-11-24-22(26)21-16(2)25-23(30-21)17-9-10-19(27-3)20(14-17)28-4/h5,7-10,13-14H,6,11-12H2,1-4H3,(H,24,26). The van der Waals surface area contributed by atoms with E-state index in [1.807, 2.05) is 56.3 Å². The number of rotatable bonds is 9. The van der Waals surface area contributed by atoms with E-state index in [1.165, 1.54) is 11.3 Å². The normalized spacial score (nSPS) is 10.5. The summed E-state index contributed by atoms with van der Waals surface area (Å²) >= 11 is 1.36. The summed E-state index contributed by atoms with van der Waals surface area (Å²) in [6.07, 6.45) is 0.722. The van der Waals surface area contributed by atoms with Gasteiger partial charge in [-0.3, -0.25) is 4.79 Å². The van der Waals surface area contributed by atoms with Crippen LogP contribution in [0.5, 0.6) is 17.2 Å². The van der Waals surface area contributed by atoms with Crippen LogP contribution < -0.4 is 19.5 Å². The van der Waals surface area contributed by atoms with Crippen LogP contribution in [0.4, 0.5) is 0 Å². The molecule has 0 aliphatic carbocycles. The van der Waals surface area contributed by atoms with Gasteiger partial charge in [0.05, 0.1) is 26.5 Å². The van der Waals surface area contributed by atoms with Gasteiger partial charge in [-0.05, 0) is 56.2 Å². The number of amides is 1. The summed E-state index contributed by atoms with van der Waals surface area (Å²) in [5.74, 6) is 2.01. The summed E-state index contributed by atoms with van der Waals surface area (Å²) in [5, 5.41) is 3.71. The smallest absolute Gasteiger partial charge is 0.263 e. The maximum Gasteiger partial charge on any atom is 0.263 e. The first-order chi connectivity index (χ1) is 14.5. The van der Waals surface area contributed by atoms with E-state index in [0.29, 0.717) is 35.2 Å². The van der Waals surface area contributed by atoms with E-state index in [1.54, 1.807) is 14.2 Å². The molecule has 1 aromatic heterocycles. The first-order valence-corrected chi connectivity index (χ1v) is 10.5. The summed E-state index contributed by atoms with van der Waals surface area (Å²) in [4.78, 5) is 17.8. The molecule has 3 rings (SSSR count). The highest BCUT2D eigenvalue weighted by molar-refractivity contribution is 7.17. The number of aromatic nitrogens is 1. The molecule has 1 heterocycles. The third-order valence-corrected chi connectivity index (χ3v) is 5.70.